The SMILES string of the molecule is CNC(c1ccc2cccnc2c1)c1cccs1. The largest absolute Gasteiger partial charge is 0.309 e. The summed E-state index contributed by atoms with van der Waals surface area (Å²) >= 11 is 1.77. The molecule has 2 heterocycles. The summed E-state index contributed by atoms with van der Waals surface area (Å²) in [5.41, 5.74) is 2.30. The first-order valence-electron chi connectivity index (χ1n) is 5.94. The molecule has 1 N–H and O–H groups in total. The second-order valence-electron chi connectivity index (χ2n) is 4.19. The van der Waals surface area contributed by atoms with E-state index >= 15 is 0 Å². The smallest absolute Gasteiger partial charge is 0.0705 e. The van der Waals surface area contributed by atoms with Gasteiger partial charge < -0.3 is 5.32 Å². The molecule has 0 spiro atoms. The van der Waals surface area contributed by atoms with Crippen LogP contribution < -0.4 is 5.32 Å². The number of pyridine rings is 1. The molecule has 1 aromatic carbocycles. The van der Waals surface area contributed by atoms with Crippen molar-refractivity contribution in [1.82, 2.24) is 10.3 Å². The van der Waals surface area contributed by atoms with Crippen LogP contribution in [0.1, 0.15) is 16.5 Å². The van der Waals surface area contributed by atoms with E-state index in [1.807, 2.05) is 19.3 Å². The highest BCUT2D eigenvalue weighted by Crippen LogP contribution is 2.27. The molecule has 0 saturated heterocycles. The van der Waals surface area contributed by atoms with Crippen molar-refractivity contribution in [2.24, 2.45) is 0 Å². The number of aromatic nitrogens is 1. The molecule has 1 unspecified atom stereocenters. The first kappa shape index (κ1) is 11.4. The molecule has 0 bridgehead atoms. The van der Waals surface area contributed by atoms with E-state index < -0.39 is 0 Å². The third-order valence-corrected chi connectivity index (χ3v) is 4.02. The summed E-state index contributed by atoms with van der Waals surface area (Å²) in [6, 6.07) is 15.0. The predicted octanol–water partition coefficient (Wildman–Crippen LogP) is 3.61. The van der Waals surface area contributed by atoms with E-state index in [1.54, 1.807) is 11.3 Å². The number of benzene rings is 1. The van der Waals surface area contributed by atoms with Gasteiger partial charge in [-0.15, -0.1) is 11.3 Å². The zero-order valence-corrected chi connectivity index (χ0v) is 10.9. The summed E-state index contributed by atoms with van der Waals surface area (Å²) in [4.78, 5) is 5.74. The predicted molar refractivity (Wildman–Crippen MR) is 77.0 cm³/mol. The lowest BCUT2D eigenvalue weighted by Crippen LogP contribution is -2.16. The molecular weight excluding hydrogens is 240 g/mol. The molecule has 3 rings (SSSR count). The van der Waals surface area contributed by atoms with Gasteiger partial charge >= 0.3 is 0 Å². The van der Waals surface area contributed by atoms with Gasteiger partial charge in [-0.1, -0.05) is 24.3 Å². The fourth-order valence-electron chi connectivity index (χ4n) is 2.19. The van der Waals surface area contributed by atoms with Gasteiger partial charge in [0.15, 0.2) is 0 Å². The zero-order chi connectivity index (χ0) is 12.4. The number of nitrogens with zero attached hydrogens (tertiary/aromatic N) is 1. The first-order valence-corrected chi connectivity index (χ1v) is 6.82. The lowest BCUT2D eigenvalue weighted by Gasteiger charge is -2.15. The molecule has 90 valence electrons. The molecule has 0 saturated carbocycles. The van der Waals surface area contributed by atoms with Crippen LogP contribution in [-0.2, 0) is 0 Å². The minimum Gasteiger partial charge on any atom is -0.309 e. The van der Waals surface area contributed by atoms with Gasteiger partial charge in [0.25, 0.3) is 0 Å². The minimum atomic E-state index is 0.247. The van der Waals surface area contributed by atoms with Crippen molar-refractivity contribution in [2.75, 3.05) is 7.05 Å². The van der Waals surface area contributed by atoms with Crippen molar-refractivity contribution in [3.8, 4) is 0 Å². The molecule has 0 fully saturated rings. The molecule has 0 radical (unpaired) electrons. The fraction of sp³-hybridized carbons (Fsp3) is 0.133. The molecular formula is C15H14N2S. The standard InChI is InChI=1S/C15H14N2S/c1-16-15(14-5-3-9-18-14)12-7-6-11-4-2-8-17-13(11)10-12/h2-10,15-16H,1H3. The van der Waals surface area contributed by atoms with Crippen LogP contribution in [0.2, 0.25) is 0 Å². The van der Waals surface area contributed by atoms with Crippen LogP contribution in [0.5, 0.6) is 0 Å². The monoisotopic (exact) mass is 254 g/mol. The summed E-state index contributed by atoms with van der Waals surface area (Å²) in [6.45, 7) is 0. The molecule has 1 atom stereocenters. The Balaban J connectivity index is 2.07. The fourth-order valence-corrected chi connectivity index (χ4v) is 3.05. The molecule has 3 aromatic rings. The van der Waals surface area contributed by atoms with Crippen LogP contribution >= 0.6 is 11.3 Å². The Morgan fingerprint density at radius 3 is 2.89 bits per heavy atom. The van der Waals surface area contributed by atoms with Crippen LogP contribution in [0, 0.1) is 0 Å². The maximum absolute atomic E-state index is 4.42. The van der Waals surface area contributed by atoms with Crippen molar-refractivity contribution in [2.45, 2.75) is 6.04 Å². The third-order valence-electron chi connectivity index (χ3n) is 3.08. The normalized spacial score (nSPS) is 12.7. The second-order valence-corrected chi connectivity index (χ2v) is 5.17. The van der Waals surface area contributed by atoms with Crippen molar-refractivity contribution in [3.63, 3.8) is 0 Å². The van der Waals surface area contributed by atoms with Crippen LogP contribution in [0.25, 0.3) is 10.9 Å². The summed E-state index contributed by atoms with van der Waals surface area (Å²) in [7, 11) is 1.99. The summed E-state index contributed by atoms with van der Waals surface area (Å²) in [5.74, 6) is 0. The number of rotatable bonds is 3. The number of hydrogen-bond acceptors (Lipinski definition) is 3. The van der Waals surface area contributed by atoms with Crippen LogP contribution in [-0.4, -0.2) is 12.0 Å². The Kier molecular flexibility index (Phi) is 3.09. The highest BCUT2D eigenvalue weighted by atomic mass is 32.1. The van der Waals surface area contributed by atoms with Gasteiger partial charge in [-0.05, 0) is 36.2 Å². The molecule has 2 aromatic heterocycles. The summed E-state index contributed by atoms with van der Waals surface area (Å²) < 4.78 is 0. The number of fused-ring (bicyclic) bond motifs is 1. The van der Waals surface area contributed by atoms with Crippen LogP contribution in [0.4, 0.5) is 0 Å². The summed E-state index contributed by atoms with van der Waals surface area (Å²) in [5, 5.41) is 6.66. The Morgan fingerprint density at radius 1 is 1.17 bits per heavy atom. The molecule has 0 aliphatic heterocycles. The van der Waals surface area contributed by atoms with Crippen molar-refractivity contribution < 1.29 is 0 Å². The van der Waals surface area contributed by atoms with E-state index in [0.29, 0.717) is 0 Å². The van der Waals surface area contributed by atoms with Gasteiger partial charge in [0.2, 0.25) is 0 Å². The average Bonchev–Trinajstić information content (AvgIpc) is 2.93. The first-order chi connectivity index (χ1) is 8.88. The highest BCUT2D eigenvalue weighted by Gasteiger charge is 2.13. The van der Waals surface area contributed by atoms with Crippen LogP contribution in [0.15, 0.2) is 54.0 Å². The molecule has 0 amide bonds. The van der Waals surface area contributed by atoms with Gasteiger partial charge in [-0.3, -0.25) is 4.98 Å². The molecule has 0 aliphatic rings. The van der Waals surface area contributed by atoms with Crippen molar-refractivity contribution in [1.29, 1.82) is 0 Å². The van der Waals surface area contributed by atoms with E-state index in [4.69, 9.17) is 0 Å². The van der Waals surface area contributed by atoms with Gasteiger partial charge in [0.05, 0.1) is 11.6 Å². The Bertz CT molecular complexity index is 646. The molecule has 18 heavy (non-hydrogen) atoms. The molecule has 3 heteroatoms. The van der Waals surface area contributed by atoms with Crippen molar-refractivity contribution >= 4 is 22.2 Å². The highest BCUT2D eigenvalue weighted by molar-refractivity contribution is 7.10. The molecule has 2 nitrogen and oxygen atoms in total. The van der Waals surface area contributed by atoms with E-state index in [0.717, 1.165) is 5.52 Å². The summed E-state index contributed by atoms with van der Waals surface area (Å²) in [6.07, 6.45) is 1.84. The number of nitrogens with one attached hydrogen (secondary N) is 1. The number of thiophene rings is 1. The Labute approximate surface area is 110 Å². The Hall–Kier alpha value is -1.71. The van der Waals surface area contributed by atoms with E-state index in [-0.39, 0.29) is 6.04 Å². The van der Waals surface area contributed by atoms with E-state index in [9.17, 15) is 0 Å². The Morgan fingerprint density at radius 2 is 2.11 bits per heavy atom. The zero-order valence-electron chi connectivity index (χ0n) is 10.1. The van der Waals surface area contributed by atoms with Crippen molar-refractivity contribution in [3.05, 3.63) is 64.5 Å². The molecule has 0 aliphatic carbocycles. The minimum absolute atomic E-state index is 0.247. The lowest BCUT2D eigenvalue weighted by molar-refractivity contribution is 0.704. The number of hydrogen-bond donors (Lipinski definition) is 1. The van der Waals surface area contributed by atoms with Gasteiger partial charge in [0.1, 0.15) is 0 Å². The quantitative estimate of drug-likeness (QED) is 0.772. The lowest BCUT2D eigenvalue weighted by atomic mass is 10.0. The third kappa shape index (κ3) is 2.03. The second kappa shape index (κ2) is 4.88. The van der Waals surface area contributed by atoms with E-state index in [1.165, 1.54) is 15.8 Å². The van der Waals surface area contributed by atoms with Gasteiger partial charge in [-0.25, -0.2) is 0 Å². The topological polar surface area (TPSA) is 24.9 Å². The van der Waals surface area contributed by atoms with E-state index in [2.05, 4.69) is 52.1 Å². The van der Waals surface area contributed by atoms with Gasteiger partial charge in [0, 0.05) is 16.5 Å². The van der Waals surface area contributed by atoms with Gasteiger partial charge in [-0.2, -0.15) is 0 Å². The average molecular weight is 254 g/mol. The van der Waals surface area contributed by atoms with Crippen LogP contribution in [0.3, 0.4) is 0 Å². The maximum Gasteiger partial charge on any atom is 0.0705 e. The maximum atomic E-state index is 4.42.